The molecule has 2 amide bonds. The summed E-state index contributed by atoms with van der Waals surface area (Å²) in [7, 11) is 0. The summed E-state index contributed by atoms with van der Waals surface area (Å²) in [6.07, 6.45) is 0. The molecule has 0 aliphatic carbocycles. The Kier molecular flexibility index (Phi) is 8.23. The van der Waals surface area contributed by atoms with Gasteiger partial charge in [0.2, 0.25) is 0 Å². The Morgan fingerprint density at radius 1 is 0.742 bits per heavy atom. The van der Waals surface area contributed by atoms with E-state index in [0.717, 1.165) is 0 Å². The van der Waals surface area contributed by atoms with E-state index in [0.29, 0.717) is 0 Å². The molecule has 0 saturated heterocycles. The summed E-state index contributed by atoms with van der Waals surface area (Å²) >= 11 is 0. The van der Waals surface area contributed by atoms with Crippen molar-refractivity contribution in [2.75, 3.05) is 13.1 Å². The zero-order chi connectivity index (χ0) is 23.0. The minimum Gasteiger partial charge on any atom is -0.435 e. The molecule has 2 N–H and O–H groups in total. The number of benzene rings is 2. The molecule has 31 heavy (non-hydrogen) atoms. The lowest BCUT2D eigenvalue weighted by atomic mass is 9.93. The second-order valence-electron chi connectivity index (χ2n) is 7.34. The number of hydrogen-bond acceptors (Lipinski definition) is 4. The van der Waals surface area contributed by atoms with Crippen molar-refractivity contribution in [1.82, 2.24) is 10.6 Å². The molecule has 0 bridgehead atoms. The van der Waals surface area contributed by atoms with Crippen molar-refractivity contribution in [2.24, 2.45) is 5.41 Å². The summed E-state index contributed by atoms with van der Waals surface area (Å²) in [5.74, 6) is -0.915. The standard InChI is InChI=1S/C21H22F4N2O4/c1-21(2,11-26-17(28)13-3-7-15(8-4-13)30-19(22)23)12-27-18(29)14-5-9-16(10-6-14)31-20(24)25/h3-10,19-20H,11-12H2,1-2H3,(H,26,28)(H,27,29). The first-order chi connectivity index (χ1) is 14.6. The molecule has 2 aromatic rings. The molecule has 0 atom stereocenters. The zero-order valence-electron chi connectivity index (χ0n) is 16.8. The lowest BCUT2D eigenvalue weighted by Crippen LogP contribution is -2.42. The summed E-state index contributed by atoms with van der Waals surface area (Å²) in [4.78, 5) is 24.5. The van der Waals surface area contributed by atoms with Crippen molar-refractivity contribution in [2.45, 2.75) is 27.1 Å². The molecule has 2 rings (SSSR count). The fourth-order valence-electron chi connectivity index (χ4n) is 2.48. The molecule has 0 aliphatic heterocycles. The van der Waals surface area contributed by atoms with Gasteiger partial charge in [-0.3, -0.25) is 9.59 Å². The summed E-state index contributed by atoms with van der Waals surface area (Å²) in [5, 5.41) is 5.44. The highest BCUT2D eigenvalue weighted by Crippen LogP contribution is 2.17. The highest BCUT2D eigenvalue weighted by atomic mass is 19.3. The second-order valence-corrected chi connectivity index (χ2v) is 7.34. The van der Waals surface area contributed by atoms with E-state index in [2.05, 4.69) is 20.1 Å². The van der Waals surface area contributed by atoms with Crippen molar-refractivity contribution in [3.63, 3.8) is 0 Å². The fraction of sp³-hybridized carbons (Fsp3) is 0.333. The number of rotatable bonds is 10. The van der Waals surface area contributed by atoms with Gasteiger partial charge < -0.3 is 20.1 Å². The van der Waals surface area contributed by atoms with Gasteiger partial charge in [-0.1, -0.05) is 13.8 Å². The van der Waals surface area contributed by atoms with E-state index in [1.165, 1.54) is 48.5 Å². The molecular weight excluding hydrogens is 420 g/mol. The lowest BCUT2D eigenvalue weighted by Gasteiger charge is -2.25. The first-order valence-corrected chi connectivity index (χ1v) is 9.22. The molecule has 0 spiro atoms. The molecule has 0 heterocycles. The van der Waals surface area contributed by atoms with Gasteiger partial charge >= 0.3 is 13.2 Å². The van der Waals surface area contributed by atoms with Crippen molar-refractivity contribution in [3.8, 4) is 11.5 Å². The van der Waals surface area contributed by atoms with E-state index in [1.807, 2.05) is 13.8 Å². The van der Waals surface area contributed by atoms with E-state index in [4.69, 9.17) is 0 Å². The average molecular weight is 442 g/mol. The van der Waals surface area contributed by atoms with Crippen LogP contribution in [0.1, 0.15) is 34.6 Å². The number of nitrogens with one attached hydrogen (secondary N) is 2. The minimum absolute atomic E-state index is 0.0524. The lowest BCUT2D eigenvalue weighted by molar-refractivity contribution is -0.0505. The molecule has 0 saturated carbocycles. The van der Waals surface area contributed by atoms with Crippen LogP contribution in [0.25, 0.3) is 0 Å². The van der Waals surface area contributed by atoms with Crippen LogP contribution in [0.4, 0.5) is 17.6 Å². The Bertz CT molecular complexity index is 800. The molecule has 2 aromatic carbocycles. The van der Waals surface area contributed by atoms with Gasteiger partial charge in [-0.2, -0.15) is 17.6 Å². The number of amides is 2. The molecule has 0 unspecified atom stereocenters. The predicted octanol–water partition coefficient (Wildman–Crippen LogP) is 4.08. The summed E-state index contributed by atoms with van der Waals surface area (Å²) in [6, 6.07) is 10.5. The molecule has 0 fully saturated rings. The largest absolute Gasteiger partial charge is 0.435 e. The maximum Gasteiger partial charge on any atom is 0.387 e. The van der Waals surface area contributed by atoms with Gasteiger partial charge in [-0.25, -0.2) is 0 Å². The van der Waals surface area contributed by atoms with Gasteiger partial charge in [0.15, 0.2) is 0 Å². The summed E-state index contributed by atoms with van der Waals surface area (Å²) < 4.78 is 57.1. The topological polar surface area (TPSA) is 76.7 Å². The molecule has 6 nitrogen and oxygen atoms in total. The number of carbonyl (C=O) groups excluding carboxylic acids is 2. The van der Waals surface area contributed by atoms with Crippen LogP contribution in [0.5, 0.6) is 11.5 Å². The normalized spacial score (nSPS) is 11.4. The smallest absolute Gasteiger partial charge is 0.387 e. The predicted molar refractivity (Wildman–Crippen MR) is 105 cm³/mol. The van der Waals surface area contributed by atoms with Crippen molar-refractivity contribution in [3.05, 3.63) is 59.7 Å². The van der Waals surface area contributed by atoms with Crippen LogP contribution in [-0.4, -0.2) is 38.1 Å². The van der Waals surface area contributed by atoms with Crippen molar-refractivity contribution >= 4 is 11.8 Å². The minimum atomic E-state index is -2.94. The van der Waals surface area contributed by atoms with E-state index in [9.17, 15) is 27.2 Å². The van der Waals surface area contributed by atoms with Gasteiger partial charge in [0.05, 0.1) is 0 Å². The molecule has 0 aliphatic rings. The first-order valence-electron chi connectivity index (χ1n) is 9.22. The summed E-state index contributed by atoms with van der Waals surface area (Å²) in [6.45, 7) is -1.79. The third kappa shape index (κ3) is 8.15. The average Bonchev–Trinajstić information content (AvgIpc) is 2.70. The van der Waals surface area contributed by atoms with Crippen molar-refractivity contribution in [1.29, 1.82) is 0 Å². The second kappa shape index (κ2) is 10.6. The number of alkyl halides is 4. The Labute approximate surface area is 176 Å². The van der Waals surface area contributed by atoms with Crippen LogP contribution in [0.3, 0.4) is 0 Å². The zero-order valence-corrected chi connectivity index (χ0v) is 16.8. The first kappa shape index (κ1) is 24.0. The maximum absolute atomic E-state index is 12.2. The SMILES string of the molecule is CC(C)(CNC(=O)c1ccc(OC(F)F)cc1)CNC(=O)c1ccc(OC(F)F)cc1. The number of halogens is 4. The van der Waals surface area contributed by atoms with Crippen molar-refractivity contribution < 1.29 is 36.6 Å². The van der Waals surface area contributed by atoms with Crippen LogP contribution in [-0.2, 0) is 0 Å². The van der Waals surface area contributed by atoms with E-state index in [1.54, 1.807) is 0 Å². The number of carbonyl (C=O) groups is 2. The monoisotopic (exact) mass is 442 g/mol. The van der Waals surface area contributed by atoms with Crippen LogP contribution in [0.2, 0.25) is 0 Å². The Balaban J connectivity index is 1.82. The Morgan fingerprint density at radius 2 is 1.06 bits per heavy atom. The van der Waals surface area contributed by atoms with Crippen LogP contribution < -0.4 is 20.1 Å². The Hall–Kier alpha value is -3.30. The third-order valence-corrected chi connectivity index (χ3v) is 4.14. The fourth-order valence-corrected chi connectivity index (χ4v) is 2.48. The van der Waals surface area contributed by atoms with E-state index in [-0.39, 0.29) is 35.7 Å². The van der Waals surface area contributed by atoms with Gasteiger partial charge in [-0.05, 0) is 53.9 Å². The van der Waals surface area contributed by atoms with E-state index < -0.39 is 30.5 Å². The molecule has 10 heteroatoms. The molecule has 0 aromatic heterocycles. The van der Waals surface area contributed by atoms with Crippen LogP contribution in [0, 0.1) is 5.41 Å². The molecule has 168 valence electrons. The van der Waals surface area contributed by atoms with Crippen LogP contribution >= 0.6 is 0 Å². The summed E-state index contributed by atoms with van der Waals surface area (Å²) in [5.41, 5.74) is 0.0306. The molecule has 0 radical (unpaired) electrons. The number of ether oxygens (including phenoxy) is 2. The quantitative estimate of drug-likeness (QED) is 0.544. The number of hydrogen-bond donors (Lipinski definition) is 2. The van der Waals surface area contributed by atoms with Gasteiger partial charge in [0, 0.05) is 24.2 Å². The Morgan fingerprint density at radius 3 is 1.35 bits per heavy atom. The van der Waals surface area contributed by atoms with E-state index >= 15 is 0 Å². The highest BCUT2D eigenvalue weighted by Gasteiger charge is 2.21. The van der Waals surface area contributed by atoms with Gasteiger partial charge in [0.25, 0.3) is 11.8 Å². The molecular formula is C21H22F4N2O4. The maximum atomic E-state index is 12.2. The van der Waals surface area contributed by atoms with Gasteiger partial charge in [0.1, 0.15) is 11.5 Å². The third-order valence-electron chi connectivity index (χ3n) is 4.14. The highest BCUT2D eigenvalue weighted by molar-refractivity contribution is 5.95. The van der Waals surface area contributed by atoms with Crippen LogP contribution in [0.15, 0.2) is 48.5 Å². The van der Waals surface area contributed by atoms with Gasteiger partial charge in [-0.15, -0.1) is 0 Å².